The van der Waals surface area contributed by atoms with Gasteiger partial charge in [-0.1, -0.05) is 0 Å². The van der Waals surface area contributed by atoms with Crippen molar-refractivity contribution in [1.29, 1.82) is 0 Å². The highest BCUT2D eigenvalue weighted by molar-refractivity contribution is 5.97. The SMILES string of the molecule is CCNc1ccc(C(=O)NC(C)C(N)=O)cc1C. The van der Waals surface area contributed by atoms with Crippen LogP contribution in [-0.2, 0) is 4.79 Å². The molecule has 1 atom stereocenters. The third kappa shape index (κ3) is 3.48. The molecule has 1 aromatic rings. The van der Waals surface area contributed by atoms with E-state index in [1.54, 1.807) is 19.1 Å². The molecule has 0 saturated heterocycles. The molecule has 98 valence electrons. The average Bonchev–Trinajstić information content (AvgIpc) is 2.31. The zero-order valence-corrected chi connectivity index (χ0v) is 10.9. The Balaban J connectivity index is 2.81. The lowest BCUT2D eigenvalue weighted by molar-refractivity contribution is -0.119. The number of amides is 2. The molecule has 1 rings (SSSR count). The van der Waals surface area contributed by atoms with Crippen LogP contribution in [0.3, 0.4) is 0 Å². The number of nitrogens with two attached hydrogens (primary N) is 1. The molecule has 1 unspecified atom stereocenters. The summed E-state index contributed by atoms with van der Waals surface area (Å²) in [5.41, 5.74) is 7.59. The first kappa shape index (κ1) is 14.0. The van der Waals surface area contributed by atoms with Crippen LogP contribution >= 0.6 is 0 Å². The number of hydrogen-bond donors (Lipinski definition) is 3. The maximum absolute atomic E-state index is 11.8. The molecule has 0 aliphatic heterocycles. The van der Waals surface area contributed by atoms with Crippen molar-refractivity contribution in [2.75, 3.05) is 11.9 Å². The van der Waals surface area contributed by atoms with Crippen LogP contribution in [0.2, 0.25) is 0 Å². The van der Waals surface area contributed by atoms with Crippen LogP contribution in [0.1, 0.15) is 29.8 Å². The number of primary amides is 1. The number of carbonyl (C=O) groups excluding carboxylic acids is 2. The first-order chi connectivity index (χ1) is 8.45. The van der Waals surface area contributed by atoms with Crippen LogP contribution < -0.4 is 16.4 Å². The highest BCUT2D eigenvalue weighted by Gasteiger charge is 2.14. The van der Waals surface area contributed by atoms with Crippen LogP contribution in [0.15, 0.2) is 18.2 Å². The van der Waals surface area contributed by atoms with Crippen LogP contribution in [0, 0.1) is 6.92 Å². The van der Waals surface area contributed by atoms with Crippen molar-refractivity contribution in [1.82, 2.24) is 5.32 Å². The lowest BCUT2D eigenvalue weighted by Gasteiger charge is -2.12. The van der Waals surface area contributed by atoms with Crippen molar-refractivity contribution in [2.45, 2.75) is 26.8 Å². The minimum atomic E-state index is -0.675. The molecule has 0 spiro atoms. The van der Waals surface area contributed by atoms with Gasteiger partial charge in [-0.2, -0.15) is 0 Å². The molecule has 0 aliphatic rings. The topological polar surface area (TPSA) is 84.2 Å². The van der Waals surface area contributed by atoms with Crippen molar-refractivity contribution in [3.63, 3.8) is 0 Å². The van der Waals surface area contributed by atoms with E-state index in [9.17, 15) is 9.59 Å². The summed E-state index contributed by atoms with van der Waals surface area (Å²) in [5.74, 6) is -0.850. The Hall–Kier alpha value is -2.04. The normalized spacial score (nSPS) is 11.7. The van der Waals surface area contributed by atoms with E-state index in [2.05, 4.69) is 10.6 Å². The molecule has 0 bridgehead atoms. The van der Waals surface area contributed by atoms with E-state index in [0.29, 0.717) is 5.56 Å². The summed E-state index contributed by atoms with van der Waals surface area (Å²) in [4.78, 5) is 22.7. The maximum atomic E-state index is 11.8. The van der Waals surface area contributed by atoms with Gasteiger partial charge >= 0.3 is 0 Å². The molecule has 4 N–H and O–H groups in total. The fraction of sp³-hybridized carbons (Fsp3) is 0.385. The van der Waals surface area contributed by atoms with E-state index in [4.69, 9.17) is 5.73 Å². The Morgan fingerprint density at radius 3 is 2.56 bits per heavy atom. The Morgan fingerprint density at radius 1 is 1.39 bits per heavy atom. The Bertz CT molecular complexity index is 458. The fourth-order valence-corrected chi connectivity index (χ4v) is 1.54. The van der Waals surface area contributed by atoms with E-state index in [-0.39, 0.29) is 5.91 Å². The largest absolute Gasteiger partial charge is 0.385 e. The van der Waals surface area contributed by atoms with E-state index >= 15 is 0 Å². The van der Waals surface area contributed by atoms with E-state index < -0.39 is 11.9 Å². The van der Waals surface area contributed by atoms with Crippen LogP contribution in [0.25, 0.3) is 0 Å². The van der Waals surface area contributed by atoms with Crippen molar-refractivity contribution in [3.05, 3.63) is 29.3 Å². The van der Waals surface area contributed by atoms with Gasteiger partial charge < -0.3 is 16.4 Å². The molecular formula is C13H19N3O2. The van der Waals surface area contributed by atoms with Crippen molar-refractivity contribution >= 4 is 17.5 Å². The lowest BCUT2D eigenvalue weighted by Crippen LogP contribution is -2.42. The monoisotopic (exact) mass is 249 g/mol. The van der Waals surface area contributed by atoms with Crippen molar-refractivity contribution < 1.29 is 9.59 Å². The summed E-state index contributed by atoms with van der Waals surface area (Å²) in [6.45, 7) is 6.31. The minimum absolute atomic E-state index is 0.299. The van der Waals surface area contributed by atoms with Crippen molar-refractivity contribution in [3.8, 4) is 0 Å². The molecule has 0 saturated carbocycles. The Labute approximate surface area is 107 Å². The zero-order chi connectivity index (χ0) is 13.7. The summed E-state index contributed by atoms with van der Waals surface area (Å²) in [6.07, 6.45) is 0. The van der Waals surface area contributed by atoms with Gasteiger partial charge in [-0.05, 0) is 44.5 Å². The number of benzene rings is 1. The standard InChI is InChI=1S/C13H19N3O2/c1-4-15-11-6-5-10(7-8(11)2)13(18)16-9(3)12(14)17/h5-7,9,15H,4H2,1-3H3,(H2,14,17)(H,16,18). The first-order valence-electron chi connectivity index (χ1n) is 5.90. The zero-order valence-electron chi connectivity index (χ0n) is 10.9. The highest BCUT2D eigenvalue weighted by Crippen LogP contribution is 2.16. The van der Waals surface area contributed by atoms with Gasteiger partial charge in [-0.15, -0.1) is 0 Å². The first-order valence-corrected chi connectivity index (χ1v) is 5.90. The van der Waals surface area contributed by atoms with E-state index in [1.165, 1.54) is 0 Å². The maximum Gasteiger partial charge on any atom is 0.251 e. The molecule has 5 heteroatoms. The summed E-state index contributed by atoms with van der Waals surface area (Å²) >= 11 is 0. The summed E-state index contributed by atoms with van der Waals surface area (Å²) in [7, 11) is 0. The molecule has 0 radical (unpaired) electrons. The van der Waals surface area contributed by atoms with Gasteiger partial charge in [0.05, 0.1) is 0 Å². The second kappa shape index (κ2) is 6.05. The lowest BCUT2D eigenvalue weighted by atomic mass is 10.1. The molecule has 18 heavy (non-hydrogen) atoms. The van der Waals surface area contributed by atoms with Crippen LogP contribution in [-0.4, -0.2) is 24.4 Å². The minimum Gasteiger partial charge on any atom is -0.385 e. The Morgan fingerprint density at radius 2 is 2.06 bits per heavy atom. The summed E-state index contributed by atoms with van der Waals surface area (Å²) < 4.78 is 0. The summed E-state index contributed by atoms with van der Waals surface area (Å²) in [6, 6.07) is 4.67. The van der Waals surface area contributed by atoms with Gasteiger partial charge in [-0.3, -0.25) is 9.59 Å². The quantitative estimate of drug-likeness (QED) is 0.728. The molecule has 0 fully saturated rings. The molecule has 0 heterocycles. The highest BCUT2D eigenvalue weighted by atomic mass is 16.2. The third-order valence-corrected chi connectivity index (χ3v) is 2.63. The van der Waals surface area contributed by atoms with Crippen molar-refractivity contribution in [2.24, 2.45) is 5.73 Å². The Kier molecular flexibility index (Phi) is 4.71. The third-order valence-electron chi connectivity index (χ3n) is 2.63. The number of nitrogens with one attached hydrogen (secondary N) is 2. The molecule has 1 aromatic carbocycles. The molecule has 0 aliphatic carbocycles. The number of anilines is 1. The predicted molar refractivity (Wildman–Crippen MR) is 71.5 cm³/mol. The molecular weight excluding hydrogens is 230 g/mol. The van der Waals surface area contributed by atoms with E-state index in [1.807, 2.05) is 19.9 Å². The van der Waals surface area contributed by atoms with Gasteiger partial charge in [0.15, 0.2) is 0 Å². The van der Waals surface area contributed by atoms with Gasteiger partial charge in [0.25, 0.3) is 5.91 Å². The van der Waals surface area contributed by atoms with Gasteiger partial charge in [0.2, 0.25) is 5.91 Å². The predicted octanol–water partition coefficient (Wildman–Crippen LogP) is 1.03. The van der Waals surface area contributed by atoms with E-state index in [0.717, 1.165) is 17.8 Å². The van der Waals surface area contributed by atoms with Gasteiger partial charge in [0.1, 0.15) is 6.04 Å². The number of hydrogen-bond acceptors (Lipinski definition) is 3. The van der Waals surface area contributed by atoms with Crippen LogP contribution in [0.5, 0.6) is 0 Å². The molecule has 2 amide bonds. The molecule has 5 nitrogen and oxygen atoms in total. The second-order valence-corrected chi connectivity index (χ2v) is 4.16. The number of carbonyl (C=O) groups is 2. The number of aryl methyl sites for hydroxylation is 1. The summed E-state index contributed by atoms with van der Waals surface area (Å²) in [5, 5.41) is 5.74. The molecule has 0 aromatic heterocycles. The van der Waals surface area contributed by atoms with Gasteiger partial charge in [0, 0.05) is 17.8 Å². The number of rotatable bonds is 5. The smallest absolute Gasteiger partial charge is 0.251 e. The van der Waals surface area contributed by atoms with Gasteiger partial charge in [-0.25, -0.2) is 0 Å². The second-order valence-electron chi connectivity index (χ2n) is 4.16. The fourth-order valence-electron chi connectivity index (χ4n) is 1.54. The average molecular weight is 249 g/mol. The van der Waals surface area contributed by atoms with Crippen LogP contribution in [0.4, 0.5) is 5.69 Å².